The van der Waals surface area contributed by atoms with Gasteiger partial charge in [0, 0.05) is 24.4 Å². The van der Waals surface area contributed by atoms with Gasteiger partial charge < -0.3 is 19.8 Å². The molecule has 0 spiro atoms. The van der Waals surface area contributed by atoms with Crippen LogP contribution in [0.4, 0.5) is 5.00 Å². The number of carbonyl (C=O) groups is 3. The monoisotopic (exact) mass is 329 g/mol. The number of hydrogen-bond donors (Lipinski definition) is 2. The Bertz CT molecular complexity index is 554. The van der Waals surface area contributed by atoms with E-state index in [-0.39, 0.29) is 19.4 Å². The van der Waals surface area contributed by atoms with Gasteiger partial charge in [0.2, 0.25) is 0 Å². The van der Waals surface area contributed by atoms with E-state index < -0.39 is 17.9 Å². The lowest BCUT2D eigenvalue weighted by molar-refractivity contribution is -0.138. The smallest absolute Gasteiger partial charge is 0.340 e. The van der Waals surface area contributed by atoms with E-state index in [4.69, 9.17) is 14.9 Å². The Morgan fingerprint density at radius 1 is 1.18 bits per heavy atom. The Morgan fingerprint density at radius 3 is 2.36 bits per heavy atom. The Kier molecular flexibility index (Phi) is 6.84. The van der Waals surface area contributed by atoms with E-state index in [2.05, 4.69) is 0 Å². The number of carboxylic acid groups (broad SMARTS) is 2. The fraction of sp³-hybridized carbons (Fsp3) is 0.500. The van der Waals surface area contributed by atoms with E-state index in [1.165, 1.54) is 18.4 Å². The van der Waals surface area contributed by atoms with Gasteiger partial charge in [-0.25, -0.2) is 4.79 Å². The van der Waals surface area contributed by atoms with Gasteiger partial charge in [-0.3, -0.25) is 9.59 Å². The topological polar surface area (TPSA) is 104 Å². The first-order valence-corrected chi connectivity index (χ1v) is 7.54. The molecule has 0 saturated heterocycles. The number of hydrogen-bond acceptors (Lipinski definition) is 6. The van der Waals surface area contributed by atoms with Crippen LogP contribution in [0.1, 0.15) is 34.5 Å². The number of ether oxygens (including phenoxy) is 1. The van der Waals surface area contributed by atoms with Crippen LogP contribution in [0.5, 0.6) is 0 Å². The molecule has 0 fully saturated rings. The Morgan fingerprint density at radius 2 is 1.82 bits per heavy atom. The molecule has 0 atom stereocenters. The quantitative estimate of drug-likeness (QED) is 0.668. The Balaban J connectivity index is 2.95. The minimum absolute atomic E-state index is 0.0124. The van der Waals surface area contributed by atoms with Crippen molar-refractivity contribution in [1.82, 2.24) is 0 Å². The number of aryl methyl sites for hydroxylation is 1. The highest BCUT2D eigenvalue weighted by atomic mass is 32.1. The molecule has 1 heterocycles. The predicted molar refractivity (Wildman–Crippen MR) is 81.7 cm³/mol. The summed E-state index contributed by atoms with van der Waals surface area (Å²) >= 11 is 1.36. The maximum atomic E-state index is 11.8. The fourth-order valence-corrected chi connectivity index (χ4v) is 3.01. The molecule has 1 aromatic rings. The van der Waals surface area contributed by atoms with Crippen molar-refractivity contribution in [3.63, 3.8) is 0 Å². The van der Waals surface area contributed by atoms with E-state index >= 15 is 0 Å². The second kappa shape index (κ2) is 8.38. The molecule has 0 saturated carbocycles. The van der Waals surface area contributed by atoms with Crippen molar-refractivity contribution in [1.29, 1.82) is 0 Å². The van der Waals surface area contributed by atoms with Crippen LogP contribution in [-0.4, -0.2) is 48.3 Å². The number of anilines is 1. The normalized spacial score (nSPS) is 10.3. The molecule has 0 aliphatic heterocycles. The minimum atomic E-state index is -0.948. The van der Waals surface area contributed by atoms with Crippen molar-refractivity contribution < 1.29 is 29.3 Å². The average Bonchev–Trinajstić information content (AvgIpc) is 2.83. The van der Waals surface area contributed by atoms with E-state index in [0.717, 1.165) is 4.88 Å². The van der Waals surface area contributed by atoms with Crippen LogP contribution in [0.2, 0.25) is 0 Å². The standard InChI is InChI=1S/C14H19NO6S/c1-9-8-10(14(20)21-2)13(22-9)15(7-5-12(18)19)6-3-4-11(16)17/h8H,3-7H2,1-2H3,(H,16,17)(H,18,19). The number of methoxy groups -OCH3 is 1. The highest BCUT2D eigenvalue weighted by molar-refractivity contribution is 7.16. The molecule has 0 bridgehead atoms. The van der Waals surface area contributed by atoms with E-state index in [1.807, 2.05) is 6.92 Å². The van der Waals surface area contributed by atoms with Gasteiger partial charge in [0.25, 0.3) is 0 Å². The predicted octanol–water partition coefficient (Wildman–Crippen LogP) is 1.99. The third-order valence-electron chi connectivity index (χ3n) is 2.94. The lowest BCUT2D eigenvalue weighted by Gasteiger charge is -2.23. The molecule has 0 unspecified atom stereocenters. The summed E-state index contributed by atoms with van der Waals surface area (Å²) in [4.78, 5) is 35.9. The van der Waals surface area contributed by atoms with Crippen molar-refractivity contribution in [3.05, 3.63) is 16.5 Å². The van der Waals surface area contributed by atoms with Crippen molar-refractivity contribution >= 4 is 34.2 Å². The number of carbonyl (C=O) groups excluding carboxylic acids is 1. The molecule has 8 heteroatoms. The number of rotatable bonds is 9. The lowest BCUT2D eigenvalue weighted by Crippen LogP contribution is -2.28. The van der Waals surface area contributed by atoms with Crippen molar-refractivity contribution in [2.75, 3.05) is 25.1 Å². The highest BCUT2D eigenvalue weighted by Crippen LogP contribution is 2.32. The van der Waals surface area contributed by atoms with Gasteiger partial charge >= 0.3 is 17.9 Å². The zero-order valence-corrected chi connectivity index (χ0v) is 13.3. The number of aliphatic carboxylic acids is 2. The zero-order valence-electron chi connectivity index (χ0n) is 12.5. The summed E-state index contributed by atoms with van der Waals surface area (Å²) in [6.07, 6.45) is 0.263. The molecule has 122 valence electrons. The van der Waals surface area contributed by atoms with Crippen LogP contribution in [0.15, 0.2) is 6.07 Å². The Labute approximate surface area is 132 Å². The average molecular weight is 329 g/mol. The summed E-state index contributed by atoms with van der Waals surface area (Å²) in [6.45, 7) is 2.41. The maximum Gasteiger partial charge on any atom is 0.340 e. The minimum Gasteiger partial charge on any atom is -0.481 e. The maximum absolute atomic E-state index is 11.8. The van der Waals surface area contributed by atoms with Gasteiger partial charge in [0.05, 0.1) is 19.1 Å². The molecule has 1 rings (SSSR count). The van der Waals surface area contributed by atoms with Crippen LogP contribution in [0, 0.1) is 6.92 Å². The van der Waals surface area contributed by atoms with Gasteiger partial charge in [-0.2, -0.15) is 0 Å². The molecule has 0 aromatic carbocycles. The van der Waals surface area contributed by atoms with Crippen LogP contribution in [-0.2, 0) is 14.3 Å². The molecule has 7 nitrogen and oxygen atoms in total. The number of thiophene rings is 1. The Hall–Kier alpha value is -2.09. The molecule has 0 amide bonds. The summed E-state index contributed by atoms with van der Waals surface area (Å²) in [6, 6.07) is 1.69. The van der Waals surface area contributed by atoms with Crippen LogP contribution in [0.3, 0.4) is 0 Å². The van der Waals surface area contributed by atoms with Gasteiger partial charge in [0.15, 0.2) is 0 Å². The third-order valence-corrected chi connectivity index (χ3v) is 4.05. The molecule has 0 aliphatic carbocycles. The van der Waals surface area contributed by atoms with Gasteiger partial charge in [-0.05, 0) is 19.4 Å². The summed E-state index contributed by atoms with van der Waals surface area (Å²) < 4.78 is 4.74. The second-order valence-electron chi connectivity index (χ2n) is 4.70. The van der Waals surface area contributed by atoms with Gasteiger partial charge in [-0.15, -0.1) is 11.3 Å². The molecule has 1 aromatic heterocycles. The molecule has 0 radical (unpaired) electrons. The van der Waals surface area contributed by atoms with E-state index in [1.54, 1.807) is 11.0 Å². The fourth-order valence-electron chi connectivity index (χ4n) is 1.96. The second-order valence-corrected chi connectivity index (χ2v) is 5.93. The van der Waals surface area contributed by atoms with Crippen LogP contribution in [0.25, 0.3) is 0 Å². The molecule has 2 N–H and O–H groups in total. The van der Waals surface area contributed by atoms with Crippen molar-refractivity contribution in [2.45, 2.75) is 26.2 Å². The lowest BCUT2D eigenvalue weighted by atomic mass is 10.2. The number of esters is 1. The van der Waals surface area contributed by atoms with Crippen LogP contribution < -0.4 is 4.90 Å². The highest BCUT2D eigenvalue weighted by Gasteiger charge is 2.21. The zero-order chi connectivity index (χ0) is 16.7. The van der Waals surface area contributed by atoms with Crippen LogP contribution >= 0.6 is 11.3 Å². The first kappa shape index (κ1) is 18.0. The summed E-state index contributed by atoms with van der Waals surface area (Å²) in [5, 5.41) is 18.2. The number of carboxylic acids is 2. The summed E-state index contributed by atoms with van der Waals surface area (Å²) in [7, 11) is 1.28. The summed E-state index contributed by atoms with van der Waals surface area (Å²) in [5.74, 6) is -2.34. The van der Waals surface area contributed by atoms with Crippen molar-refractivity contribution in [3.8, 4) is 0 Å². The molecule has 0 aliphatic rings. The molecular weight excluding hydrogens is 310 g/mol. The third kappa shape index (κ3) is 5.36. The largest absolute Gasteiger partial charge is 0.481 e. The molecular formula is C14H19NO6S. The first-order valence-electron chi connectivity index (χ1n) is 6.72. The van der Waals surface area contributed by atoms with E-state index in [9.17, 15) is 14.4 Å². The SMILES string of the molecule is COC(=O)c1cc(C)sc1N(CCCC(=O)O)CCC(=O)O. The van der Waals surface area contributed by atoms with Gasteiger partial charge in [0.1, 0.15) is 5.00 Å². The first-order chi connectivity index (χ1) is 10.3. The van der Waals surface area contributed by atoms with E-state index in [0.29, 0.717) is 23.5 Å². The number of nitrogens with zero attached hydrogens (tertiary/aromatic N) is 1. The summed E-state index contributed by atoms with van der Waals surface area (Å²) in [5.41, 5.74) is 0.380. The van der Waals surface area contributed by atoms with Crippen molar-refractivity contribution in [2.24, 2.45) is 0 Å². The molecule has 22 heavy (non-hydrogen) atoms. The van der Waals surface area contributed by atoms with Gasteiger partial charge in [-0.1, -0.05) is 0 Å².